The molecule has 6 nitrogen and oxygen atoms in total. The molecule has 0 saturated carbocycles. The molecule has 1 aromatic carbocycles. The van der Waals surface area contributed by atoms with Crippen LogP contribution in [0.1, 0.15) is 38.2 Å². The number of anilines is 1. The van der Waals surface area contributed by atoms with Gasteiger partial charge in [-0.3, -0.25) is 9.59 Å². The summed E-state index contributed by atoms with van der Waals surface area (Å²) in [4.78, 5) is 31.2. The standard InChI is InChI=1S/C20H27N3O3S/c1-3-17(16-9-6-5-7-10-16)19(25)23(12-8-13-26-4-2)15-18(24)22-20-21-11-14-27-20/h5-7,9-11,14,17H,3-4,8,12-13,15H2,1-2H3,(H,21,22,24). The number of thiazole rings is 1. The van der Waals surface area contributed by atoms with Gasteiger partial charge in [0, 0.05) is 31.3 Å². The second-order valence-corrected chi connectivity index (χ2v) is 6.96. The van der Waals surface area contributed by atoms with Gasteiger partial charge in [-0.05, 0) is 25.3 Å². The van der Waals surface area contributed by atoms with Gasteiger partial charge in [0.15, 0.2) is 5.13 Å². The van der Waals surface area contributed by atoms with E-state index in [0.717, 1.165) is 5.56 Å². The number of carbonyl (C=O) groups excluding carboxylic acids is 2. The molecule has 0 saturated heterocycles. The average molecular weight is 390 g/mol. The maximum atomic E-state index is 13.2. The molecule has 2 rings (SSSR count). The lowest BCUT2D eigenvalue weighted by molar-refractivity contribution is -0.136. The third-order valence-electron chi connectivity index (χ3n) is 4.15. The van der Waals surface area contributed by atoms with Crippen LogP contribution in [0, 0.1) is 0 Å². The van der Waals surface area contributed by atoms with Crippen molar-refractivity contribution < 1.29 is 14.3 Å². The number of nitrogens with zero attached hydrogens (tertiary/aromatic N) is 2. The molecule has 1 N–H and O–H groups in total. The van der Waals surface area contributed by atoms with Crippen LogP contribution < -0.4 is 5.32 Å². The minimum absolute atomic E-state index is 0.00781. The molecule has 1 aromatic heterocycles. The molecule has 146 valence electrons. The fourth-order valence-electron chi connectivity index (χ4n) is 2.84. The van der Waals surface area contributed by atoms with Gasteiger partial charge in [-0.25, -0.2) is 4.98 Å². The van der Waals surface area contributed by atoms with E-state index in [2.05, 4.69) is 10.3 Å². The van der Waals surface area contributed by atoms with Crippen molar-refractivity contribution in [2.45, 2.75) is 32.6 Å². The summed E-state index contributed by atoms with van der Waals surface area (Å²) >= 11 is 1.35. The van der Waals surface area contributed by atoms with E-state index in [1.807, 2.05) is 44.2 Å². The van der Waals surface area contributed by atoms with E-state index in [4.69, 9.17) is 4.74 Å². The van der Waals surface area contributed by atoms with Crippen molar-refractivity contribution in [3.63, 3.8) is 0 Å². The molecule has 0 aliphatic heterocycles. The number of carbonyl (C=O) groups is 2. The Balaban J connectivity index is 2.06. The lowest BCUT2D eigenvalue weighted by atomic mass is 9.95. The SMILES string of the molecule is CCOCCCN(CC(=O)Nc1nccs1)C(=O)C(CC)c1ccccc1. The number of nitrogens with one attached hydrogen (secondary N) is 1. The van der Waals surface area contributed by atoms with E-state index in [1.54, 1.807) is 16.5 Å². The van der Waals surface area contributed by atoms with Crippen LogP contribution in [-0.2, 0) is 14.3 Å². The number of benzene rings is 1. The maximum absolute atomic E-state index is 13.2. The van der Waals surface area contributed by atoms with Gasteiger partial charge < -0.3 is 15.0 Å². The zero-order valence-electron chi connectivity index (χ0n) is 15.9. The number of ether oxygens (including phenoxy) is 1. The Morgan fingerprint density at radius 2 is 2.04 bits per heavy atom. The summed E-state index contributed by atoms with van der Waals surface area (Å²) in [6.45, 7) is 5.62. The number of rotatable bonds is 11. The molecular formula is C20H27N3O3S. The second-order valence-electron chi connectivity index (χ2n) is 6.07. The fourth-order valence-corrected chi connectivity index (χ4v) is 3.39. The minimum atomic E-state index is -0.258. The first-order chi connectivity index (χ1) is 13.2. The van der Waals surface area contributed by atoms with Crippen molar-refractivity contribution in [3.8, 4) is 0 Å². The van der Waals surface area contributed by atoms with Crippen LogP contribution in [0.2, 0.25) is 0 Å². The van der Waals surface area contributed by atoms with E-state index in [-0.39, 0.29) is 24.3 Å². The summed E-state index contributed by atoms with van der Waals surface area (Å²) in [5.41, 5.74) is 0.972. The van der Waals surface area contributed by atoms with E-state index in [1.165, 1.54) is 11.3 Å². The summed E-state index contributed by atoms with van der Waals surface area (Å²) in [5.74, 6) is -0.530. The molecule has 7 heteroatoms. The third-order valence-corrected chi connectivity index (χ3v) is 4.84. The number of aromatic nitrogens is 1. The molecule has 27 heavy (non-hydrogen) atoms. The molecule has 0 aliphatic rings. The lowest BCUT2D eigenvalue weighted by Crippen LogP contribution is -2.41. The first kappa shape index (κ1) is 21.1. The Morgan fingerprint density at radius 1 is 1.26 bits per heavy atom. The Kier molecular flexibility index (Phi) is 8.94. The largest absolute Gasteiger partial charge is 0.382 e. The van der Waals surface area contributed by atoms with Crippen LogP contribution >= 0.6 is 11.3 Å². The van der Waals surface area contributed by atoms with Crippen LogP contribution in [0.15, 0.2) is 41.9 Å². The van der Waals surface area contributed by atoms with Crippen molar-refractivity contribution >= 4 is 28.3 Å². The highest BCUT2D eigenvalue weighted by atomic mass is 32.1. The van der Waals surface area contributed by atoms with Crippen molar-refractivity contribution in [1.82, 2.24) is 9.88 Å². The Labute approximate surface area is 164 Å². The van der Waals surface area contributed by atoms with Gasteiger partial charge in [-0.1, -0.05) is 37.3 Å². The molecule has 0 aliphatic carbocycles. The quantitative estimate of drug-likeness (QED) is 0.597. The predicted molar refractivity (Wildman–Crippen MR) is 108 cm³/mol. The summed E-state index contributed by atoms with van der Waals surface area (Å²) in [6, 6.07) is 9.71. The van der Waals surface area contributed by atoms with Gasteiger partial charge in [-0.15, -0.1) is 11.3 Å². The van der Waals surface area contributed by atoms with E-state index in [0.29, 0.717) is 37.7 Å². The van der Waals surface area contributed by atoms with Gasteiger partial charge >= 0.3 is 0 Å². The summed E-state index contributed by atoms with van der Waals surface area (Å²) in [7, 11) is 0. The molecular weight excluding hydrogens is 362 g/mol. The molecule has 0 fully saturated rings. The molecule has 0 radical (unpaired) electrons. The number of hydrogen-bond acceptors (Lipinski definition) is 5. The van der Waals surface area contributed by atoms with Crippen LogP contribution in [-0.4, -0.2) is 48.0 Å². The minimum Gasteiger partial charge on any atom is -0.382 e. The highest BCUT2D eigenvalue weighted by Gasteiger charge is 2.26. The van der Waals surface area contributed by atoms with Gasteiger partial charge in [0.25, 0.3) is 0 Å². The Morgan fingerprint density at radius 3 is 2.67 bits per heavy atom. The number of hydrogen-bond donors (Lipinski definition) is 1. The maximum Gasteiger partial charge on any atom is 0.245 e. The molecule has 0 bridgehead atoms. The van der Waals surface area contributed by atoms with Crippen molar-refractivity contribution in [1.29, 1.82) is 0 Å². The average Bonchev–Trinajstić information content (AvgIpc) is 3.18. The monoisotopic (exact) mass is 389 g/mol. The van der Waals surface area contributed by atoms with E-state index < -0.39 is 0 Å². The second kappa shape index (κ2) is 11.5. The van der Waals surface area contributed by atoms with Crippen molar-refractivity contribution in [3.05, 3.63) is 47.5 Å². The zero-order valence-corrected chi connectivity index (χ0v) is 16.7. The fraction of sp³-hybridized carbons (Fsp3) is 0.450. The first-order valence-corrected chi connectivity index (χ1v) is 10.1. The third kappa shape index (κ3) is 6.77. The van der Waals surface area contributed by atoms with Crippen LogP contribution in [0.3, 0.4) is 0 Å². The summed E-state index contributed by atoms with van der Waals surface area (Å²) in [5, 5.41) is 5.08. The van der Waals surface area contributed by atoms with E-state index >= 15 is 0 Å². The topological polar surface area (TPSA) is 71.5 Å². The zero-order chi connectivity index (χ0) is 19.5. The summed E-state index contributed by atoms with van der Waals surface area (Å²) < 4.78 is 5.38. The van der Waals surface area contributed by atoms with Crippen molar-refractivity contribution in [2.75, 3.05) is 31.6 Å². The molecule has 1 heterocycles. The first-order valence-electron chi connectivity index (χ1n) is 9.26. The highest BCUT2D eigenvalue weighted by molar-refractivity contribution is 7.13. The molecule has 2 aromatic rings. The summed E-state index contributed by atoms with van der Waals surface area (Å²) in [6.07, 6.45) is 3.00. The van der Waals surface area contributed by atoms with E-state index in [9.17, 15) is 9.59 Å². The normalized spacial score (nSPS) is 11.8. The number of amides is 2. The van der Waals surface area contributed by atoms with Crippen LogP contribution in [0.25, 0.3) is 0 Å². The van der Waals surface area contributed by atoms with Gasteiger partial charge in [-0.2, -0.15) is 0 Å². The van der Waals surface area contributed by atoms with Crippen LogP contribution in [0.4, 0.5) is 5.13 Å². The van der Waals surface area contributed by atoms with Crippen LogP contribution in [0.5, 0.6) is 0 Å². The lowest BCUT2D eigenvalue weighted by Gasteiger charge is -2.26. The smallest absolute Gasteiger partial charge is 0.245 e. The Hall–Kier alpha value is -2.25. The highest BCUT2D eigenvalue weighted by Crippen LogP contribution is 2.22. The molecule has 2 amide bonds. The van der Waals surface area contributed by atoms with Gasteiger partial charge in [0.05, 0.1) is 12.5 Å². The Bertz CT molecular complexity index is 692. The van der Waals surface area contributed by atoms with Gasteiger partial charge in [0.2, 0.25) is 11.8 Å². The predicted octanol–water partition coefficient (Wildman–Crippen LogP) is 3.53. The molecule has 1 atom stereocenters. The van der Waals surface area contributed by atoms with Gasteiger partial charge in [0.1, 0.15) is 0 Å². The molecule has 1 unspecified atom stereocenters. The van der Waals surface area contributed by atoms with Crippen molar-refractivity contribution in [2.24, 2.45) is 0 Å². The molecule has 0 spiro atoms.